The Kier molecular flexibility index (Phi) is 11.1. The fraction of sp³-hybridized carbons (Fsp3) is 0.778. The van der Waals surface area contributed by atoms with Crippen LogP contribution in [0.15, 0.2) is 17.1 Å². The number of aromatic nitrogens is 2. The minimum atomic E-state index is -3.13. The maximum atomic E-state index is 13.3. The van der Waals surface area contributed by atoms with Crippen LogP contribution in [0.2, 0.25) is 22.2 Å². The number of nitriles is 1. The maximum Gasteiger partial charge on any atom is 0.351 e. The van der Waals surface area contributed by atoms with Gasteiger partial charge in [0.1, 0.15) is 37.0 Å². The molecule has 0 bridgehead atoms. The summed E-state index contributed by atoms with van der Waals surface area (Å²) in [5.74, 6) is -0.168. The summed E-state index contributed by atoms with van der Waals surface area (Å²) in [6.07, 6.45) is -2.98. The van der Waals surface area contributed by atoms with Gasteiger partial charge in [0.15, 0.2) is 12.0 Å². The first kappa shape index (κ1) is 33.5. The molecule has 2 aliphatic rings. The van der Waals surface area contributed by atoms with Crippen molar-refractivity contribution in [2.75, 3.05) is 19.1 Å². The zero-order valence-corrected chi connectivity index (χ0v) is 27.7. The number of rotatable bonds is 11. The van der Waals surface area contributed by atoms with Gasteiger partial charge >= 0.3 is 22.8 Å². The Bertz CT molecular complexity index is 1140. The highest BCUT2D eigenvalue weighted by molar-refractivity contribution is 6.84. The van der Waals surface area contributed by atoms with Gasteiger partial charge in [-0.15, -0.1) is 0 Å². The molecule has 3 heterocycles. The van der Waals surface area contributed by atoms with Gasteiger partial charge in [-0.2, -0.15) is 10.2 Å². The van der Waals surface area contributed by atoms with E-state index in [9.17, 15) is 9.59 Å². The van der Waals surface area contributed by atoms with Gasteiger partial charge in [-0.1, -0.05) is 55.4 Å². The Hall–Kier alpha value is -1.97. The molecule has 0 amide bonds. The molecule has 12 nitrogen and oxygen atoms in total. The van der Waals surface area contributed by atoms with E-state index in [1.54, 1.807) is 0 Å². The van der Waals surface area contributed by atoms with Crippen molar-refractivity contribution in [2.45, 2.75) is 122 Å². The van der Waals surface area contributed by atoms with Crippen molar-refractivity contribution in [1.29, 1.82) is 5.26 Å². The summed E-state index contributed by atoms with van der Waals surface area (Å²) in [6, 6.07) is 3.52. The number of ether oxygens (including phenoxy) is 3. The third-order valence-electron chi connectivity index (χ3n) is 7.92. The molecule has 0 saturated carbocycles. The van der Waals surface area contributed by atoms with Crippen LogP contribution in [0, 0.1) is 11.3 Å². The molecular weight excluding hydrogens is 564 g/mol. The number of nitrogens with zero attached hydrogens (tertiary/aromatic N) is 3. The number of anilines is 1. The number of nitrogen functional groups attached to an aromatic ring is 1. The molecule has 0 radical (unpaired) electrons. The minimum Gasteiger partial charge on any atom is -0.414 e. The lowest BCUT2D eigenvalue weighted by atomic mass is 10.0. The molecule has 1 aromatic heterocycles. The smallest absolute Gasteiger partial charge is 0.351 e. The molecule has 14 heteroatoms. The molecule has 2 saturated heterocycles. The van der Waals surface area contributed by atoms with Gasteiger partial charge in [-0.05, 0) is 35.2 Å². The Morgan fingerprint density at radius 2 is 1.66 bits per heavy atom. The largest absolute Gasteiger partial charge is 0.414 e. The molecule has 41 heavy (non-hydrogen) atoms. The van der Waals surface area contributed by atoms with E-state index in [0.717, 1.165) is 0 Å². The van der Waals surface area contributed by atoms with Crippen LogP contribution in [0.1, 0.15) is 75.0 Å². The van der Waals surface area contributed by atoms with Crippen LogP contribution < -0.4 is 11.4 Å². The van der Waals surface area contributed by atoms with Crippen molar-refractivity contribution in [3.05, 3.63) is 22.7 Å². The van der Waals surface area contributed by atoms with E-state index in [4.69, 9.17) is 38.2 Å². The lowest BCUT2D eigenvalue weighted by molar-refractivity contribution is -0.141. The Balaban J connectivity index is 2.22. The average Bonchev–Trinajstić information content (AvgIpc) is 3.19. The summed E-state index contributed by atoms with van der Waals surface area (Å²) >= 11 is 0. The van der Waals surface area contributed by atoms with Crippen LogP contribution in [0.25, 0.3) is 0 Å². The Morgan fingerprint density at radius 1 is 1.07 bits per heavy atom. The highest BCUT2D eigenvalue weighted by Gasteiger charge is 2.64. The molecule has 0 spiro atoms. The zero-order chi connectivity index (χ0) is 30.7. The Labute approximate surface area is 244 Å². The molecule has 230 valence electrons. The number of carbonyl (C=O) groups is 1. The summed E-state index contributed by atoms with van der Waals surface area (Å²) in [4.78, 5) is 30.1. The molecular formula is C27H46N4O8Si2. The van der Waals surface area contributed by atoms with Crippen molar-refractivity contribution < 1.29 is 32.0 Å². The predicted octanol–water partition coefficient (Wildman–Crippen LogP) is 3.91. The fourth-order valence-electron chi connectivity index (χ4n) is 5.81. The maximum absolute atomic E-state index is 13.3. The second kappa shape index (κ2) is 13.6. The topological polar surface area (TPSA) is 157 Å². The fourth-order valence-corrected chi connectivity index (χ4v) is 17.1. The number of ketones is 1. The van der Waals surface area contributed by atoms with Crippen molar-refractivity contribution in [2.24, 2.45) is 0 Å². The quantitative estimate of drug-likeness (QED) is 0.220. The van der Waals surface area contributed by atoms with Gasteiger partial charge in [0.05, 0.1) is 19.1 Å². The second-order valence-corrected chi connectivity index (χ2v) is 20.8. The average molecular weight is 611 g/mol. The van der Waals surface area contributed by atoms with E-state index in [0.29, 0.717) is 0 Å². The zero-order valence-electron chi connectivity index (χ0n) is 25.7. The lowest BCUT2D eigenvalue weighted by Gasteiger charge is -2.52. The first-order valence-corrected chi connectivity index (χ1v) is 18.3. The van der Waals surface area contributed by atoms with E-state index >= 15 is 0 Å². The van der Waals surface area contributed by atoms with Crippen LogP contribution in [0.4, 0.5) is 5.82 Å². The number of nitrogens with two attached hydrogens (primary N) is 1. The first-order chi connectivity index (χ1) is 19.2. The number of hydrogen-bond donors (Lipinski definition) is 1. The van der Waals surface area contributed by atoms with E-state index in [1.165, 1.54) is 23.8 Å². The van der Waals surface area contributed by atoms with Crippen LogP contribution >= 0.6 is 0 Å². The number of fused-ring (bicyclic) bond motifs is 1. The number of carbonyl (C=O) groups excluding carboxylic acids is 1. The summed E-state index contributed by atoms with van der Waals surface area (Å²) in [5, 5.41) is 8.88. The third kappa shape index (κ3) is 6.67. The van der Waals surface area contributed by atoms with Gasteiger partial charge < -0.3 is 32.9 Å². The molecule has 5 atom stereocenters. The molecule has 3 rings (SSSR count). The van der Waals surface area contributed by atoms with Crippen molar-refractivity contribution in [3.8, 4) is 6.07 Å². The third-order valence-corrected chi connectivity index (χ3v) is 18.2. The van der Waals surface area contributed by atoms with Crippen LogP contribution in [0.5, 0.6) is 0 Å². The molecule has 0 aliphatic carbocycles. The van der Waals surface area contributed by atoms with Crippen LogP contribution in [-0.2, 0) is 32.0 Å². The Morgan fingerprint density at radius 3 is 2.17 bits per heavy atom. The summed E-state index contributed by atoms with van der Waals surface area (Å²) in [7, 11) is -6.23. The molecule has 2 N–H and O–H groups in total. The van der Waals surface area contributed by atoms with E-state index in [-0.39, 0.29) is 53.6 Å². The van der Waals surface area contributed by atoms with E-state index in [1.807, 2.05) is 6.07 Å². The SMILES string of the molecule is CC(=O)C1O[Si](C(C)C)(C(C)C)O[Si](C(C)C)(C(C)C)O[C@H]2[C@@H](OCOCCC#N)[C@H](n3ccc(N)nc3=O)O[C@H]12. The molecule has 1 aromatic rings. The van der Waals surface area contributed by atoms with E-state index < -0.39 is 53.5 Å². The molecule has 2 fully saturated rings. The number of hydrogen-bond acceptors (Lipinski definition) is 11. The highest BCUT2D eigenvalue weighted by Crippen LogP contribution is 2.50. The van der Waals surface area contributed by atoms with Crippen molar-refractivity contribution in [3.63, 3.8) is 0 Å². The molecule has 2 aliphatic heterocycles. The second-order valence-electron chi connectivity index (χ2n) is 12.0. The number of Topliss-reactive ketones (excluding diaryl/α,β-unsaturated/α-hetero) is 1. The van der Waals surface area contributed by atoms with E-state index in [2.05, 4.69) is 60.4 Å². The van der Waals surface area contributed by atoms with Crippen LogP contribution in [0.3, 0.4) is 0 Å². The standard InChI is InChI=1S/C27H46N4O8Si2/c1-16(2)40(17(3)4)37-22(20(9)32)23-24(38-41(39-40,18(5)6)19(7)8)25(35-15-34-14-10-12-28)26(36-23)31-13-11-21(29)30-27(31)33/h11,13,16-19,22-26H,10,14-15H2,1-9H3,(H2,29,30,33)/t22?,23-,24-,25-,26-/m1/s1. The summed E-state index contributed by atoms with van der Waals surface area (Å²) in [5.41, 5.74) is 5.17. The van der Waals surface area contributed by atoms with Gasteiger partial charge in [0.2, 0.25) is 0 Å². The minimum absolute atomic E-state index is 0.00979. The molecule has 1 unspecified atom stereocenters. The van der Waals surface area contributed by atoms with Gasteiger partial charge in [-0.3, -0.25) is 9.36 Å². The van der Waals surface area contributed by atoms with Gasteiger partial charge in [0, 0.05) is 6.20 Å². The van der Waals surface area contributed by atoms with Crippen molar-refractivity contribution >= 4 is 28.7 Å². The van der Waals surface area contributed by atoms with Gasteiger partial charge in [-0.25, -0.2) is 4.79 Å². The monoisotopic (exact) mass is 610 g/mol. The predicted molar refractivity (Wildman–Crippen MR) is 156 cm³/mol. The van der Waals surface area contributed by atoms with Crippen LogP contribution in [-0.4, -0.2) is 70.3 Å². The molecule has 0 aromatic carbocycles. The lowest BCUT2D eigenvalue weighted by Crippen LogP contribution is -2.68. The van der Waals surface area contributed by atoms with Gasteiger partial charge in [0.25, 0.3) is 0 Å². The normalized spacial score (nSPS) is 27.6. The van der Waals surface area contributed by atoms with Crippen molar-refractivity contribution in [1.82, 2.24) is 9.55 Å². The highest BCUT2D eigenvalue weighted by atomic mass is 28.5. The summed E-state index contributed by atoms with van der Waals surface area (Å²) < 4.78 is 41.0. The first-order valence-electron chi connectivity index (χ1n) is 14.3. The summed E-state index contributed by atoms with van der Waals surface area (Å²) in [6.45, 7) is 18.1.